The number of nitrogens with one attached hydrogen (secondary N) is 1. The Morgan fingerprint density at radius 3 is 2.83 bits per heavy atom. The zero-order valence-corrected chi connectivity index (χ0v) is 11.1. The first-order valence-corrected chi connectivity index (χ1v) is 6.99. The molecular formula is C13H16N2O2S. The first-order chi connectivity index (χ1) is 8.79. The Labute approximate surface area is 111 Å². The molecule has 5 heteroatoms. The second-order valence-corrected chi connectivity index (χ2v) is 4.95. The standard InChI is InChI=1S/C13H16N2O2S/c1-2-8-17-11-5-3-10(4-6-11)12(16)15-13-14-7-9-18-13/h3-6H,2,7-9H2,1H3,(H,14,15,16). The van der Waals surface area contributed by atoms with Gasteiger partial charge in [0.25, 0.3) is 5.91 Å². The van der Waals surface area contributed by atoms with Gasteiger partial charge in [0, 0.05) is 11.3 Å². The topological polar surface area (TPSA) is 50.7 Å². The Bertz CT molecular complexity index is 443. The Balaban J connectivity index is 1.93. The monoisotopic (exact) mass is 264 g/mol. The molecule has 2 rings (SSSR count). The highest BCUT2D eigenvalue weighted by atomic mass is 32.2. The molecule has 1 aromatic rings. The summed E-state index contributed by atoms with van der Waals surface area (Å²) in [6.07, 6.45) is 0.972. The second-order valence-electron chi connectivity index (χ2n) is 3.86. The van der Waals surface area contributed by atoms with E-state index in [0.29, 0.717) is 17.3 Å². The molecule has 1 heterocycles. The zero-order valence-electron chi connectivity index (χ0n) is 10.3. The van der Waals surface area contributed by atoms with Gasteiger partial charge in [0.2, 0.25) is 0 Å². The summed E-state index contributed by atoms with van der Waals surface area (Å²) in [6.45, 7) is 3.53. The minimum Gasteiger partial charge on any atom is -0.494 e. The molecule has 0 bridgehead atoms. The molecule has 4 nitrogen and oxygen atoms in total. The number of aliphatic imine (C=N–C) groups is 1. The van der Waals surface area contributed by atoms with E-state index in [0.717, 1.165) is 24.5 Å². The third-order valence-electron chi connectivity index (χ3n) is 2.40. The lowest BCUT2D eigenvalue weighted by Gasteiger charge is -2.06. The number of benzene rings is 1. The summed E-state index contributed by atoms with van der Waals surface area (Å²) < 4.78 is 5.46. The average molecular weight is 264 g/mol. The van der Waals surface area contributed by atoms with Crippen LogP contribution in [0.15, 0.2) is 29.3 Å². The fourth-order valence-electron chi connectivity index (χ4n) is 1.50. The van der Waals surface area contributed by atoms with E-state index in [-0.39, 0.29) is 5.91 Å². The molecule has 0 aromatic heterocycles. The van der Waals surface area contributed by atoms with E-state index in [9.17, 15) is 4.79 Å². The Kier molecular flexibility index (Phi) is 4.64. The van der Waals surface area contributed by atoms with Gasteiger partial charge in [-0.05, 0) is 30.7 Å². The van der Waals surface area contributed by atoms with Crippen LogP contribution in [0.25, 0.3) is 0 Å². The summed E-state index contributed by atoms with van der Waals surface area (Å²) in [5.41, 5.74) is 0.619. The van der Waals surface area contributed by atoms with Crippen LogP contribution in [0.1, 0.15) is 23.7 Å². The van der Waals surface area contributed by atoms with Crippen molar-refractivity contribution in [1.29, 1.82) is 0 Å². The van der Waals surface area contributed by atoms with Crippen molar-refractivity contribution >= 4 is 22.8 Å². The molecule has 0 fully saturated rings. The smallest absolute Gasteiger partial charge is 0.257 e. The van der Waals surface area contributed by atoms with Gasteiger partial charge in [0.1, 0.15) is 5.75 Å². The van der Waals surface area contributed by atoms with Gasteiger partial charge in [-0.25, -0.2) is 0 Å². The van der Waals surface area contributed by atoms with Crippen molar-refractivity contribution in [2.45, 2.75) is 13.3 Å². The predicted molar refractivity (Wildman–Crippen MR) is 74.5 cm³/mol. The number of thioether (sulfide) groups is 1. The van der Waals surface area contributed by atoms with Crippen LogP contribution >= 0.6 is 11.8 Å². The largest absolute Gasteiger partial charge is 0.494 e. The molecule has 96 valence electrons. The molecule has 0 saturated carbocycles. The molecule has 0 spiro atoms. The van der Waals surface area contributed by atoms with Gasteiger partial charge >= 0.3 is 0 Å². The van der Waals surface area contributed by atoms with Gasteiger partial charge < -0.3 is 10.1 Å². The van der Waals surface area contributed by atoms with E-state index in [2.05, 4.69) is 17.2 Å². The summed E-state index contributed by atoms with van der Waals surface area (Å²) in [5.74, 6) is 1.62. The first kappa shape index (κ1) is 13.0. The third-order valence-corrected chi connectivity index (χ3v) is 3.29. The summed E-state index contributed by atoms with van der Waals surface area (Å²) in [7, 11) is 0. The maximum atomic E-state index is 11.9. The van der Waals surface area contributed by atoms with E-state index in [1.807, 2.05) is 12.1 Å². The van der Waals surface area contributed by atoms with E-state index >= 15 is 0 Å². The molecule has 0 aliphatic carbocycles. The highest BCUT2D eigenvalue weighted by molar-refractivity contribution is 8.14. The normalized spacial score (nSPS) is 14.2. The van der Waals surface area contributed by atoms with Gasteiger partial charge in [0.05, 0.1) is 13.2 Å². The van der Waals surface area contributed by atoms with Crippen LogP contribution in [-0.4, -0.2) is 30.0 Å². The number of carbonyl (C=O) groups is 1. The molecule has 0 atom stereocenters. The first-order valence-electron chi connectivity index (χ1n) is 6.01. The molecule has 1 aromatic carbocycles. The maximum absolute atomic E-state index is 11.9. The van der Waals surface area contributed by atoms with Crippen LogP contribution in [0.4, 0.5) is 0 Å². The fourth-order valence-corrected chi connectivity index (χ4v) is 2.23. The summed E-state index contributed by atoms with van der Waals surface area (Å²) in [5, 5.41) is 3.51. The van der Waals surface area contributed by atoms with Gasteiger partial charge in [-0.3, -0.25) is 9.79 Å². The van der Waals surface area contributed by atoms with Crippen molar-refractivity contribution in [3.63, 3.8) is 0 Å². The predicted octanol–water partition coefficient (Wildman–Crippen LogP) is 2.31. The molecule has 0 radical (unpaired) electrons. The SMILES string of the molecule is CCCOc1ccc(C(=O)NC2=NCCS2)cc1. The van der Waals surface area contributed by atoms with Crippen molar-refractivity contribution in [3.8, 4) is 5.75 Å². The van der Waals surface area contributed by atoms with E-state index in [1.165, 1.54) is 0 Å². The van der Waals surface area contributed by atoms with Gasteiger partial charge in [-0.15, -0.1) is 0 Å². The Morgan fingerprint density at radius 2 is 2.22 bits per heavy atom. The average Bonchev–Trinajstić information content (AvgIpc) is 2.89. The van der Waals surface area contributed by atoms with Crippen molar-refractivity contribution in [2.24, 2.45) is 4.99 Å². The summed E-state index contributed by atoms with van der Waals surface area (Å²) in [4.78, 5) is 16.1. The minimum atomic E-state index is -0.120. The molecular weight excluding hydrogens is 248 g/mol. The number of amides is 1. The lowest BCUT2D eigenvalue weighted by molar-refractivity contribution is 0.0978. The van der Waals surface area contributed by atoms with Crippen molar-refractivity contribution in [3.05, 3.63) is 29.8 Å². The number of rotatable bonds is 4. The number of amidine groups is 1. The van der Waals surface area contributed by atoms with E-state index < -0.39 is 0 Å². The van der Waals surface area contributed by atoms with Crippen molar-refractivity contribution < 1.29 is 9.53 Å². The van der Waals surface area contributed by atoms with Crippen molar-refractivity contribution in [1.82, 2.24) is 5.32 Å². The van der Waals surface area contributed by atoms with Crippen LogP contribution in [0.5, 0.6) is 5.75 Å². The van der Waals surface area contributed by atoms with Crippen LogP contribution in [0.3, 0.4) is 0 Å². The Hall–Kier alpha value is -1.49. The molecule has 1 aliphatic rings. The number of hydrogen-bond donors (Lipinski definition) is 1. The van der Waals surface area contributed by atoms with E-state index in [1.54, 1.807) is 23.9 Å². The number of hydrogen-bond acceptors (Lipinski definition) is 4. The summed E-state index contributed by atoms with van der Waals surface area (Å²) >= 11 is 1.57. The molecule has 1 amide bonds. The molecule has 18 heavy (non-hydrogen) atoms. The van der Waals surface area contributed by atoms with Crippen molar-refractivity contribution in [2.75, 3.05) is 18.9 Å². The fraction of sp³-hybridized carbons (Fsp3) is 0.385. The number of ether oxygens (including phenoxy) is 1. The van der Waals surface area contributed by atoms with Gasteiger partial charge in [-0.2, -0.15) is 0 Å². The minimum absolute atomic E-state index is 0.120. The lowest BCUT2D eigenvalue weighted by Crippen LogP contribution is -2.27. The van der Waals surface area contributed by atoms with Crippen LogP contribution in [0, 0.1) is 0 Å². The Morgan fingerprint density at radius 1 is 1.44 bits per heavy atom. The molecule has 0 unspecified atom stereocenters. The highest BCUT2D eigenvalue weighted by Crippen LogP contribution is 2.14. The zero-order chi connectivity index (χ0) is 12.8. The molecule has 1 N–H and O–H groups in total. The third kappa shape index (κ3) is 3.50. The van der Waals surface area contributed by atoms with E-state index in [4.69, 9.17) is 4.74 Å². The molecule has 0 saturated heterocycles. The number of carbonyl (C=O) groups excluding carboxylic acids is 1. The number of nitrogens with zero attached hydrogens (tertiary/aromatic N) is 1. The second kappa shape index (κ2) is 6.44. The van der Waals surface area contributed by atoms with Crippen LogP contribution < -0.4 is 10.1 Å². The van der Waals surface area contributed by atoms with Gasteiger partial charge in [-0.1, -0.05) is 18.7 Å². The molecule has 1 aliphatic heterocycles. The summed E-state index contributed by atoms with van der Waals surface area (Å²) in [6, 6.07) is 7.16. The maximum Gasteiger partial charge on any atom is 0.257 e. The van der Waals surface area contributed by atoms with Gasteiger partial charge in [0.15, 0.2) is 5.17 Å². The van der Waals surface area contributed by atoms with Crippen LogP contribution in [0.2, 0.25) is 0 Å². The quantitative estimate of drug-likeness (QED) is 0.908. The lowest BCUT2D eigenvalue weighted by atomic mass is 10.2. The highest BCUT2D eigenvalue weighted by Gasteiger charge is 2.12. The van der Waals surface area contributed by atoms with Crippen LogP contribution in [-0.2, 0) is 0 Å².